The Morgan fingerprint density at radius 2 is 2.29 bits per heavy atom. The van der Waals surface area contributed by atoms with Crippen LogP contribution < -0.4 is 0 Å². The molecule has 2 heterocycles. The molecule has 0 radical (unpaired) electrons. The van der Waals surface area contributed by atoms with Crippen molar-refractivity contribution in [3.8, 4) is 0 Å². The number of carboxylic acids is 1. The first-order valence-corrected chi connectivity index (χ1v) is 7.81. The summed E-state index contributed by atoms with van der Waals surface area (Å²) in [6, 6.07) is 7.52. The zero-order valence-corrected chi connectivity index (χ0v) is 13.1. The fourth-order valence-corrected chi connectivity index (χ4v) is 3.03. The van der Waals surface area contributed by atoms with Gasteiger partial charge in [-0.1, -0.05) is 32.8 Å². The van der Waals surface area contributed by atoms with Crippen LogP contribution in [0, 0.1) is 0 Å². The van der Waals surface area contributed by atoms with Gasteiger partial charge in [-0.2, -0.15) is 0 Å². The fraction of sp³-hybridized carbons (Fsp3) is 0.154. The van der Waals surface area contributed by atoms with Crippen molar-refractivity contribution in [3.63, 3.8) is 0 Å². The number of halogens is 1. The molecule has 0 unspecified atom stereocenters. The molecule has 3 aromatic rings. The molecule has 1 aromatic carbocycles. The van der Waals surface area contributed by atoms with Crippen LogP contribution in [0.25, 0.3) is 11.0 Å². The van der Waals surface area contributed by atoms with Crippen LogP contribution in [0.1, 0.15) is 5.69 Å². The van der Waals surface area contributed by atoms with E-state index >= 15 is 0 Å². The second-order valence-corrected chi connectivity index (χ2v) is 6.14. The van der Waals surface area contributed by atoms with Crippen LogP contribution in [0.3, 0.4) is 0 Å². The van der Waals surface area contributed by atoms with E-state index in [0.29, 0.717) is 11.7 Å². The monoisotopic (exact) mass is 367 g/mol. The largest absolute Gasteiger partial charge is 0.481 e. The van der Waals surface area contributed by atoms with Crippen LogP contribution in [0.15, 0.2) is 44.7 Å². The third-order valence-electron chi connectivity index (χ3n) is 2.81. The number of aromatic nitrogens is 3. The maximum absolute atomic E-state index is 10.8. The van der Waals surface area contributed by atoms with E-state index in [9.17, 15) is 4.79 Å². The molecule has 0 fully saturated rings. The first-order valence-electron chi connectivity index (χ1n) is 6.03. The number of nitrogens with zero attached hydrogens (tertiary/aromatic N) is 3. The van der Waals surface area contributed by atoms with Crippen molar-refractivity contribution in [3.05, 3.63) is 40.7 Å². The topological polar surface area (TPSA) is 81.1 Å². The van der Waals surface area contributed by atoms with Gasteiger partial charge < -0.3 is 14.2 Å². The van der Waals surface area contributed by atoms with Gasteiger partial charge in [-0.25, -0.2) is 4.98 Å². The number of fused-ring (bicyclic) bond motifs is 1. The van der Waals surface area contributed by atoms with Crippen molar-refractivity contribution < 1.29 is 14.4 Å². The summed E-state index contributed by atoms with van der Waals surface area (Å²) in [6.45, 7) is 0.478. The van der Waals surface area contributed by atoms with E-state index in [1.807, 2.05) is 22.8 Å². The van der Waals surface area contributed by atoms with Crippen LogP contribution in [0.4, 0.5) is 0 Å². The lowest BCUT2D eigenvalue weighted by molar-refractivity contribution is -0.133. The smallest absolute Gasteiger partial charge is 0.313 e. The third-order valence-corrected chi connectivity index (χ3v) is 4.27. The van der Waals surface area contributed by atoms with Crippen LogP contribution in [-0.2, 0) is 11.3 Å². The minimum absolute atomic E-state index is 0.0384. The molecule has 0 amide bonds. The lowest BCUT2D eigenvalue weighted by Gasteiger charge is -2.06. The molecular formula is C13H10BrN3O3S. The number of hydrogen-bond acceptors (Lipinski definition) is 5. The van der Waals surface area contributed by atoms with Gasteiger partial charge in [0.25, 0.3) is 0 Å². The highest BCUT2D eigenvalue weighted by Crippen LogP contribution is 2.27. The van der Waals surface area contributed by atoms with E-state index in [2.05, 4.69) is 26.1 Å². The van der Waals surface area contributed by atoms with E-state index in [1.54, 1.807) is 6.07 Å². The lowest BCUT2D eigenvalue weighted by atomic mass is 10.3. The van der Waals surface area contributed by atoms with Crippen LogP contribution in [-0.4, -0.2) is 31.5 Å². The maximum atomic E-state index is 10.8. The summed E-state index contributed by atoms with van der Waals surface area (Å²) in [6.07, 6.45) is 1.51. The van der Waals surface area contributed by atoms with E-state index in [0.717, 1.165) is 21.2 Å². The number of aliphatic carboxylic acids is 1. The first-order chi connectivity index (χ1) is 10.1. The lowest BCUT2D eigenvalue weighted by Crippen LogP contribution is -2.04. The van der Waals surface area contributed by atoms with Crippen molar-refractivity contribution in [1.29, 1.82) is 0 Å². The molecule has 21 heavy (non-hydrogen) atoms. The average Bonchev–Trinajstić information content (AvgIpc) is 3.06. The van der Waals surface area contributed by atoms with E-state index in [-0.39, 0.29) is 5.75 Å². The number of hydrogen-bond donors (Lipinski definition) is 1. The molecule has 0 aliphatic heterocycles. The van der Waals surface area contributed by atoms with Crippen molar-refractivity contribution in [2.24, 2.45) is 0 Å². The Bertz CT molecular complexity index is 785. The van der Waals surface area contributed by atoms with Gasteiger partial charge in [0, 0.05) is 10.5 Å². The Morgan fingerprint density at radius 1 is 1.43 bits per heavy atom. The molecule has 0 saturated carbocycles. The zero-order chi connectivity index (χ0) is 14.8. The molecule has 0 saturated heterocycles. The Hall–Kier alpha value is -1.80. The number of imidazole rings is 1. The van der Waals surface area contributed by atoms with Gasteiger partial charge in [-0.3, -0.25) is 4.79 Å². The SMILES string of the molecule is O=C(O)CSc1nc2ccc(Br)cc2n1Cc1ccon1. The average molecular weight is 368 g/mol. The quantitative estimate of drug-likeness (QED) is 0.698. The summed E-state index contributed by atoms with van der Waals surface area (Å²) in [4.78, 5) is 15.3. The highest BCUT2D eigenvalue weighted by Gasteiger charge is 2.14. The molecule has 3 rings (SSSR count). The Morgan fingerprint density at radius 3 is 3.00 bits per heavy atom. The third kappa shape index (κ3) is 3.11. The molecule has 0 bridgehead atoms. The van der Waals surface area contributed by atoms with E-state index < -0.39 is 5.97 Å². The maximum Gasteiger partial charge on any atom is 0.313 e. The number of carbonyl (C=O) groups is 1. The molecule has 2 aromatic heterocycles. The summed E-state index contributed by atoms with van der Waals surface area (Å²) >= 11 is 4.63. The van der Waals surface area contributed by atoms with Gasteiger partial charge in [-0.15, -0.1) is 0 Å². The van der Waals surface area contributed by atoms with Crippen molar-refractivity contribution in [2.45, 2.75) is 11.7 Å². The molecular weight excluding hydrogens is 358 g/mol. The summed E-state index contributed by atoms with van der Waals surface area (Å²) in [5, 5.41) is 13.4. The predicted molar refractivity (Wildman–Crippen MR) is 81.4 cm³/mol. The number of carboxylic acid groups (broad SMARTS) is 1. The van der Waals surface area contributed by atoms with Gasteiger partial charge in [0.15, 0.2) is 5.16 Å². The van der Waals surface area contributed by atoms with E-state index in [1.165, 1.54) is 18.0 Å². The first kappa shape index (κ1) is 14.2. The van der Waals surface area contributed by atoms with Gasteiger partial charge in [0.1, 0.15) is 12.0 Å². The summed E-state index contributed by atoms with van der Waals surface area (Å²) in [5.74, 6) is -0.912. The second-order valence-electron chi connectivity index (χ2n) is 4.29. The standard InChI is InChI=1S/C13H10BrN3O3S/c14-8-1-2-10-11(5-8)17(6-9-3-4-20-16-9)13(15-10)21-7-12(18)19/h1-5H,6-7H2,(H,18,19). The van der Waals surface area contributed by atoms with E-state index in [4.69, 9.17) is 9.63 Å². The zero-order valence-electron chi connectivity index (χ0n) is 10.7. The van der Waals surface area contributed by atoms with Gasteiger partial charge in [0.2, 0.25) is 0 Å². The molecule has 0 aliphatic rings. The van der Waals surface area contributed by atoms with Crippen LogP contribution in [0.5, 0.6) is 0 Å². The predicted octanol–water partition coefficient (Wildman–Crippen LogP) is 3.01. The number of thioether (sulfide) groups is 1. The minimum atomic E-state index is -0.874. The molecule has 108 valence electrons. The summed E-state index contributed by atoms with van der Waals surface area (Å²) in [5.41, 5.74) is 2.49. The summed E-state index contributed by atoms with van der Waals surface area (Å²) in [7, 11) is 0. The normalized spacial score (nSPS) is 11.1. The number of benzene rings is 1. The number of rotatable bonds is 5. The van der Waals surface area contributed by atoms with Crippen molar-refractivity contribution in [2.75, 3.05) is 5.75 Å². The molecule has 1 N–H and O–H groups in total. The van der Waals surface area contributed by atoms with Crippen LogP contribution >= 0.6 is 27.7 Å². The van der Waals surface area contributed by atoms with Crippen molar-refractivity contribution in [1.82, 2.24) is 14.7 Å². The Labute approximate surface area is 132 Å². The van der Waals surface area contributed by atoms with Crippen LogP contribution in [0.2, 0.25) is 0 Å². The van der Waals surface area contributed by atoms with Crippen molar-refractivity contribution >= 4 is 44.7 Å². The highest BCUT2D eigenvalue weighted by molar-refractivity contribution is 9.10. The van der Waals surface area contributed by atoms with Gasteiger partial charge in [-0.05, 0) is 18.2 Å². The Kier molecular flexibility index (Phi) is 3.98. The Balaban J connectivity index is 2.04. The second kappa shape index (κ2) is 5.90. The molecule has 6 nitrogen and oxygen atoms in total. The highest BCUT2D eigenvalue weighted by atomic mass is 79.9. The van der Waals surface area contributed by atoms with Gasteiger partial charge >= 0.3 is 5.97 Å². The minimum Gasteiger partial charge on any atom is -0.481 e. The molecule has 0 spiro atoms. The molecule has 0 aliphatic carbocycles. The van der Waals surface area contributed by atoms with Gasteiger partial charge in [0.05, 0.1) is 23.3 Å². The fourth-order valence-electron chi connectivity index (χ4n) is 1.94. The summed E-state index contributed by atoms with van der Waals surface area (Å²) < 4.78 is 7.72. The molecule has 0 atom stereocenters. The molecule has 8 heteroatoms.